The van der Waals surface area contributed by atoms with Gasteiger partial charge in [0.15, 0.2) is 0 Å². The van der Waals surface area contributed by atoms with Gasteiger partial charge in [-0.2, -0.15) is 5.01 Å². The zero-order chi connectivity index (χ0) is 20.5. The number of ether oxygens (including phenoxy) is 1. The second kappa shape index (κ2) is 6.99. The molecule has 1 saturated heterocycles. The fourth-order valence-corrected chi connectivity index (χ4v) is 2.79. The number of carbonyl (C=O) groups excluding carboxylic acids is 3. The Morgan fingerprint density at radius 3 is 2.50 bits per heavy atom. The second-order valence-electron chi connectivity index (χ2n) is 6.17. The Bertz CT molecular complexity index is 974. The van der Waals surface area contributed by atoms with Gasteiger partial charge in [-0.1, -0.05) is 18.2 Å². The first kappa shape index (κ1) is 18.8. The van der Waals surface area contributed by atoms with Gasteiger partial charge in [-0.3, -0.25) is 25.1 Å². The Balaban J connectivity index is 1.82. The van der Waals surface area contributed by atoms with E-state index in [2.05, 4.69) is 10.7 Å². The maximum Gasteiger partial charge on any atom is 0.344 e. The summed E-state index contributed by atoms with van der Waals surface area (Å²) >= 11 is 0. The molecule has 10 heteroatoms. The Morgan fingerprint density at radius 1 is 1.21 bits per heavy atom. The number of nitrogens with one attached hydrogen (secondary N) is 2. The van der Waals surface area contributed by atoms with Gasteiger partial charge in [-0.05, 0) is 30.7 Å². The first-order valence-electron chi connectivity index (χ1n) is 8.13. The van der Waals surface area contributed by atoms with Crippen LogP contribution in [0.15, 0.2) is 48.5 Å². The number of nitro groups is 1. The fraction of sp³-hybridized carbons (Fsp3) is 0.167. The summed E-state index contributed by atoms with van der Waals surface area (Å²) in [4.78, 5) is 47.7. The predicted octanol–water partition coefficient (Wildman–Crippen LogP) is 1.72. The smallest absolute Gasteiger partial charge is 0.344 e. The summed E-state index contributed by atoms with van der Waals surface area (Å²) in [6, 6.07) is 10.7. The summed E-state index contributed by atoms with van der Waals surface area (Å²) in [6.07, 6.45) is 0. The molecule has 1 fully saturated rings. The van der Waals surface area contributed by atoms with Crippen molar-refractivity contribution >= 4 is 23.5 Å². The lowest BCUT2D eigenvalue weighted by Gasteiger charge is -2.22. The molecular weight excluding hydrogens is 368 g/mol. The molecule has 1 aliphatic rings. The molecule has 0 radical (unpaired) electrons. The highest BCUT2D eigenvalue weighted by molar-refractivity contribution is 6.09. The quantitative estimate of drug-likeness (QED) is 0.458. The average Bonchev–Trinajstić information content (AvgIpc) is 2.92. The molecule has 0 spiro atoms. The minimum absolute atomic E-state index is 0.0622. The third kappa shape index (κ3) is 3.22. The first-order chi connectivity index (χ1) is 13.3. The van der Waals surface area contributed by atoms with E-state index >= 15 is 0 Å². The number of hydrogen-bond acceptors (Lipinski definition) is 6. The zero-order valence-corrected chi connectivity index (χ0v) is 15.0. The molecule has 0 unspecified atom stereocenters. The maximum atomic E-state index is 12.8. The standard InChI is InChI=1S/C18H16N4O6/c1-18(12-6-8-14(28-2)9-7-12)16(24)21(17(25)19-18)20-15(23)11-4-3-5-13(10-11)22(26)27/h3-10H,1-2H3,(H,19,25)(H,20,23)/t18-/m0/s1. The van der Waals surface area contributed by atoms with E-state index < -0.39 is 28.3 Å². The first-order valence-corrected chi connectivity index (χ1v) is 8.13. The minimum atomic E-state index is -1.39. The summed E-state index contributed by atoms with van der Waals surface area (Å²) in [5.41, 5.74) is 0.957. The van der Waals surface area contributed by atoms with E-state index in [-0.39, 0.29) is 11.3 Å². The molecule has 0 bridgehead atoms. The van der Waals surface area contributed by atoms with Crippen LogP contribution < -0.4 is 15.5 Å². The van der Waals surface area contributed by atoms with Crippen molar-refractivity contribution in [2.24, 2.45) is 0 Å². The largest absolute Gasteiger partial charge is 0.497 e. The Kier molecular flexibility index (Phi) is 4.70. The predicted molar refractivity (Wildman–Crippen MR) is 96.3 cm³/mol. The van der Waals surface area contributed by atoms with Gasteiger partial charge in [0.1, 0.15) is 11.3 Å². The summed E-state index contributed by atoms with van der Waals surface area (Å²) in [5, 5.41) is 14.0. The number of non-ortho nitro benzene ring substituents is 1. The van der Waals surface area contributed by atoms with E-state index in [0.717, 1.165) is 6.07 Å². The van der Waals surface area contributed by atoms with Gasteiger partial charge in [0, 0.05) is 17.7 Å². The molecule has 0 aromatic heterocycles. The van der Waals surface area contributed by atoms with E-state index in [1.54, 1.807) is 24.3 Å². The molecule has 1 atom stereocenters. The van der Waals surface area contributed by atoms with Crippen LogP contribution in [0, 0.1) is 10.1 Å². The SMILES string of the molecule is COc1ccc([C@]2(C)NC(=O)N(NC(=O)c3cccc([N+](=O)[O-])c3)C2=O)cc1. The number of benzene rings is 2. The molecule has 28 heavy (non-hydrogen) atoms. The number of imide groups is 1. The maximum absolute atomic E-state index is 12.8. The van der Waals surface area contributed by atoms with Crippen molar-refractivity contribution in [2.45, 2.75) is 12.5 Å². The lowest BCUT2D eigenvalue weighted by Crippen LogP contribution is -2.47. The summed E-state index contributed by atoms with van der Waals surface area (Å²) in [6.45, 7) is 1.51. The minimum Gasteiger partial charge on any atom is -0.497 e. The van der Waals surface area contributed by atoms with Gasteiger partial charge < -0.3 is 10.1 Å². The third-order valence-electron chi connectivity index (χ3n) is 4.39. The molecule has 0 saturated carbocycles. The number of nitro benzene ring substituents is 1. The number of carbonyl (C=O) groups is 3. The van der Waals surface area contributed by atoms with Crippen LogP contribution >= 0.6 is 0 Å². The van der Waals surface area contributed by atoms with Gasteiger partial charge in [-0.15, -0.1) is 0 Å². The van der Waals surface area contributed by atoms with Crippen LogP contribution in [-0.4, -0.2) is 34.9 Å². The number of hydrazine groups is 1. The average molecular weight is 384 g/mol. The van der Waals surface area contributed by atoms with Gasteiger partial charge in [0.2, 0.25) is 0 Å². The monoisotopic (exact) mass is 384 g/mol. The Morgan fingerprint density at radius 2 is 1.89 bits per heavy atom. The highest BCUT2D eigenvalue weighted by Gasteiger charge is 2.50. The van der Waals surface area contributed by atoms with Crippen molar-refractivity contribution < 1.29 is 24.0 Å². The summed E-state index contributed by atoms with van der Waals surface area (Å²) in [7, 11) is 1.50. The van der Waals surface area contributed by atoms with Gasteiger partial charge in [0.05, 0.1) is 12.0 Å². The van der Waals surface area contributed by atoms with Crippen molar-refractivity contribution in [3.63, 3.8) is 0 Å². The molecule has 1 heterocycles. The molecule has 2 aromatic carbocycles. The third-order valence-corrected chi connectivity index (χ3v) is 4.39. The van der Waals surface area contributed by atoms with Crippen LogP contribution in [0.1, 0.15) is 22.8 Å². The van der Waals surface area contributed by atoms with Gasteiger partial charge >= 0.3 is 6.03 Å². The number of hydrogen-bond donors (Lipinski definition) is 2. The Labute approximate surface area is 159 Å². The molecule has 0 aliphatic carbocycles. The molecule has 2 aromatic rings. The molecule has 3 rings (SSSR count). The van der Waals surface area contributed by atoms with E-state index in [1.807, 2.05) is 0 Å². The van der Waals surface area contributed by atoms with Crippen LogP contribution in [-0.2, 0) is 10.3 Å². The molecule has 2 N–H and O–H groups in total. The van der Waals surface area contributed by atoms with Crippen molar-refractivity contribution in [2.75, 3.05) is 7.11 Å². The molecule has 1 aliphatic heterocycles. The fourth-order valence-electron chi connectivity index (χ4n) is 2.79. The van der Waals surface area contributed by atoms with Crippen molar-refractivity contribution in [1.29, 1.82) is 0 Å². The van der Waals surface area contributed by atoms with Crippen molar-refractivity contribution in [3.05, 3.63) is 69.8 Å². The Hall–Kier alpha value is -3.95. The van der Waals surface area contributed by atoms with E-state index in [4.69, 9.17) is 4.74 Å². The molecule has 10 nitrogen and oxygen atoms in total. The number of methoxy groups -OCH3 is 1. The zero-order valence-electron chi connectivity index (χ0n) is 15.0. The molecule has 4 amide bonds. The molecule has 144 valence electrons. The highest BCUT2D eigenvalue weighted by Crippen LogP contribution is 2.29. The number of amides is 4. The lowest BCUT2D eigenvalue weighted by molar-refractivity contribution is -0.384. The van der Waals surface area contributed by atoms with E-state index in [0.29, 0.717) is 16.3 Å². The lowest BCUT2D eigenvalue weighted by atomic mass is 9.92. The van der Waals surface area contributed by atoms with Crippen LogP contribution in [0.3, 0.4) is 0 Å². The highest BCUT2D eigenvalue weighted by atomic mass is 16.6. The summed E-state index contributed by atoms with van der Waals surface area (Å²) in [5.74, 6) is -0.937. The topological polar surface area (TPSA) is 131 Å². The summed E-state index contributed by atoms with van der Waals surface area (Å²) < 4.78 is 5.07. The van der Waals surface area contributed by atoms with Crippen molar-refractivity contribution in [3.8, 4) is 5.75 Å². The van der Waals surface area contributed by atoms with Crippen LogP contribution in [0.4, 0.5) is 10.5 Å². The van der Waals surface area contributed by atoms with Gasteiger partial charge in [0.25, 0.3) is 17.5 Å². The number of rotatable bonds is 5. The van der Waals surface area contributed by atoms with Crippen LogP contribution in [0.25, 0.3) is 0 Å². The second-order valence-corrected chi connectivity index (χ2v) is 6.17. The van der Waals surface area contributed by atoms with Crippen LogP contribution in [0.5, 0.6) is 5.75 Å². The number of nitrogens with zero attached hydrogens (tertiary/aromatic N) is 2. The molecular formula is C18H16N4O6. The van der Waals surface area contributed by atoms with Gasteiger partial charge in [-0.25, -0.2) is 4.79 Å². The van der Waals surface area contributed by atoms with E-state index in [1.165, 1.54) is 32.2 Å². The van der Waals surface area contributed by atoms with Crippen molar-refractivity contribution in [1.82, 2.24) is 15.8 Å². The normalized spacial score (nSPS) is 18.6. The number of urea groups is 1. The van der Waals surface area contributed by atoms with E-state index in [9.17, 15) is 24.5 Å². The van der Waals surface area contributed by atoms with Crippen LogP contribution in [0.2, 0.25) is 0 Å².